The number of esters is 1. The topological polar surface area (TPSA) is 68.2 Å². The molecular weight excluding hydrogens is 232 g/mol. The van der Waals surface area contributed by atoms with Gasteiger partial charge in [0.05, 0.1) is 12.3 Å². The van der Waals surface area contributed by atoms with Crippen LogP contribution in [-0.4, -0.2) is 40.8 Å². The number of anilines is 1. The van der Waals surface area contributed by atoms with E-state index >= 15 is 0 Å². The second-order valence-corrected chi connectivity index (χ2v) is 4.31. The SMILES string of the molecule is CCOC(=O)c1nnc(N2CCCCC2)nc1C. The third kappa shape index (κ3) is 2.75. The number of carbonyl (C=O) groups is 1. The number of piperidine rings is 1. The number of hydrogen-bond acceptors (Lipinski definition) is 6. The van der Waals surface area contributed by atoms with Crippen LogP contribution < -0.4 is 4.90 Å². The van der Waals surface area contributed by atoms with Crippen molar-refractivity contribution in [3.05, 3.63) is 11.4 Å². The van der Waals surface area contributed by atoms with E-state index in [4.69, 9.17) is 4.74 Å². The Labute approximate surface area is 106 Å². The zero-order valence-corrected chi connectivity index (χ0v) is 10.8. The van der Waals surface area contributed by atoms with Gasteiger partial charge in [-0.15, -0.1) is 10.2 Å². The molecule has 1 aliphatic rings. The molecule has 0 radical (unpaired) electrons. The maximum Gasteiger partial charge on any atom is 0.360 e. The highest BCUT2D eigenvalue weighted by Crippen LogP contribution is 2.15. The minimum Gasteiger partial charge on any atom is -0.461 e. The molecule has 1 aromatic heterocycles. The quantitative estimate of drug-likeness (QED) is 0.754. The second kappa shape index (κ2) is 5.75. The van der Waals surface area contributed by atoms with Gasteiger partial charge in [-0.3, -0.25) is 0 Å². The highest BCUT2D eigenvalue weighted by Gasteiger charge is 2.18. The standard InChI is InChI=1S/C12H18N4O2/c1-3-18-11(17)10-9(2)13-12(15-14-10)16-7-5-4-6-8-16/h3-8H2,1-2H3. The molecule has 0 N–H and O–H groups in total. The monoisotopic (exact) mass is 250 g/mol. The fraction of sp³-hybridized carbons (Fsp3) is 0.667. The van der Waals surface area contributed by atoms with Gasteiger partial charge in [0.25, 0.3) is 0 Å². The van der Waals surface area contributed by atoms with E-state index in [1.807, 2.05) is 0 Å². The van der Waals surface area contributed by atoms with Gasteiger partial charge in [0, 0.05) is 13.1 Å². The maximum absolute atomic E-state index is 11.6. The lowest BCUT2D eigenvalue weighted by molar-refractivity contribution is 0.0516. The molecule has 1 saturated heterocycles. The van der Waals surface area contributed by atoms with Gasteiger partial charge in [0.15, 0.2) is 5.69 Å². The molecule has 6 nitrogen and oxygen atoms in total. The first-order valence-electron chi connectivity index (χ1n) is 6.35. The van der Waals surface area contributed by atoms with Crippen LogP contribution in [0.25, 0.3) is 0 Å². The average Bonchev–Trinajstić information content (AvgIpc) is 2.40. The van der Waals surface area contributed by atoms with E-state index in [1.54, 1.807) is 13.8 Å². The van der Waals surface area contributed by atoms with Crippen molar-refractivity contribution >= 4 is 11.9 Å². The zero-order chi connectivity index (χ0) is 13.0. The van der Waals surface area contributed by atoms with Crippen molar-refractivity contribution in [2.75, 3.05) is 24.6 Å². The highest BCUT2D eigenvalue weighted by molar-refractivity contribution is 5.88. The number of ether oxygens (including phenoxy) is 1. The summed E-state index contributed by atoms with van der Waals surface area (Å²) in [6.45, 7) is 5.76. The van der Waals surface area contributed by atoms with Crippen LogP contribution in [0.4, 0.5) is 5.95 Å². The molecule has 0 aliphatic carbocycles. The molecule has 0 amide bonds. The third-order valence-corrected chi connectivity index (χ3v) is 2.96. The van der Waals surface area contributed by atoms with Crippen LogP contribution in [0.1, 0.15) is 42.4 Å². The van der Waals surface area contributed by atoms with Gasteiger partial charge in [-0.25, -0.2) is 9.78 Å². The normalized spacial score (nSPS) is 15.6. The van der Waals surface area contributed by atoms with Crippen LogP contribution in [0.15, 0.2) is 0 Å². The molecule has 0 unspecified atom stereocenters. The molecule has 1 aliphatic heterocycles. The summed E-state index contributed by atoms with van der Waals surface area (Å²) in [6, 6.07) is 0. The molecule has 0 saturated carbocycles. The first-order valence-corrected chi connectivity index (χ1v) is 6.35. The minimum absolute atomic E-state index is 0.206. The van der Waals surface area contributed by atoms with Crippen molar-refractivity contribution in [1.29, 1.82) is 0 Å². The van der Waals surface area contributed by atoms with Crippen LogP contribution >= 0.6 is 0 Å². The third-order valence-electron chi connectivity index (χ3n) is 2.96. The van der Waals surface area contributed by atoms with E-state index in [-0.39, 0.29) is 5.69 Å². The van der Waals surface area contributed by atoms with Gasteiger partial charge in [0.2, 0.25) is 5.95 Å². The zero-order valence-electron chi connectivity index (χ0n) is 10.8. The van der Waals surface area contributed by atoms with E-state index in [0.717, 1.165) is 25.9 Å². The Kier molecular flexibility index (Phi) is 4.07. The molecule has 2 heterocycles. The van der Waals surface area contributed by atoms with Crippen molar-refractivity contribution in [3.8, 4) is 0 Å². The number of aryl methyl sites for hydroxylation is 1. The Morgan fingerprint density at radius 2 is 2.00 bits per heavy atom. The van der Waals surface area contributed by atoms with E-state index in [1.165, 1.54) is 6.42 Å². The Balaban J connectivity index is 2.16. The Morgan fingerprint density at radius 1 is 1.28 bits per heavy atom. The first-order chi connectivity index (χ1) is 8.72. The molecule has 1 aromatic rings. The number of nitrogens with zero attached hydrogens (tertiary/aromatic N) is 4. The highest BCUT2D eigenvalue weighted by atomic mass is 16.5. The number of hydrogen-bond donors (Lipinski definition) is 0. The van der Waals surface area contributed by atoms with Crippen molar-refractivity contribution in [2.24, 2.45) is 0 Å². The molecule has 1 fully saturated rings. The summed E-state index contributed by atoms with van der Waals surface area (Å²) < 4.78 is 4.90. The molecular formula is C12H18N4O2. The smallest absolute Gasteiger partial charge is 0.360 e. The van der Waals surface area contributed by atoms with Crippen LogP contribution in [0.3, 0.4) is 0 Å². The molecule has 2 rings (SSSR count). The van der Waals surface area contributed by atoms with Gasteiger partial charge >= 0.3 is 5.97 Å². The fourth-order valence-electron chi connectivity index (χ4n) is 2.01. The van der Waals surface area contributed by atoms with E-state index < -0.39 is 5.97 Å². The summed E-state index contributed by atoms with van der Waals surface area (Å²) in [5.74, 6) is 0.153. The summed E-state index contributed by atoms with van der Waals surface area (Å²) >= 11 is 0. The van der Waals surface area contributed by atoms with Crippen LogP contribution in [0.5, 0.6) is 0 Å². The predicted molar refractivity (Wildman–Crippen MR) is 66.6 cm³/mol. The van der Waals surface area contributed by atoms with E-state index in [9.17, 15) is 4.79 Å². The predicted octanol–water partition coefficient (Wildman–Crippen LogP) is 1.35. The Morgan fingerprint density at radius 3 is 2.61 bits per heavy atom. The molecule has 6 heteroatoms. The molecule has 18 heavy (non-hydrogen) atoms. The Bertz CT molecular complexity index is 430. The van der Waals surface area contributed by atoms with Crippen molar-refractivity contribution in [1.82, 2.24) is 15.2 Å². The summed E-state index contributed by atoms with van der Waals surface area (Å²) in [7, 11) is 0. The second-order valence-electron chi connectivity index (χ2n) is 4.31. The average molecular weight is 250 g/mol. The van der Waals surface area contributed by atoms with Crippen molar-refractivity contribution in [2.45, 2.75) is 33.1 Å². The number of aromatic nitrogens is 3. The van der Waals surface area contributed by atoms with E-state index in [0.29, 0.717) is 18.2 Å². The molecule has 0 spiro atoms. The van der Waals surface area contributed by atoms with Crippen LogP contribution in [-0.2, 0) is 4.74 Å². The molecule has 0 aromatic carbocycles. The largest absolute Gasteiger partial charge is 0.461 e. The van der Waals surface area contributed by atoms with Gasteiger partial charge in [-0.05, 0) is 33.1 Å². The van der Waals surface area contributed by atoms with Crippen LogP contribution in [0.2, 0.25) is 0 Å². The first kappa shape index (κ1) is 12.7. The summed E-state index contributed by atoms with van der Waals surface area (Å²) in [5, 5.41) is 7.97. The van der Waals surface area contributed by atoms with Gasteiger partial charge in [0.1, 0.15) is 0 Å². The van der Waals surface area contributed by atoms with Crippen LogP contribution in [0, 0.1) is 6.92 Å². The summed E-state index contributed by atoms with van der Waals surface area (Å²) in [4.78, 5) is 18.0. The lowest BCUT2D eigenvalue weighted by Gasteiger charge is -2.26. The van der Waals surface area contributed by atoms with Gasteiger partial charge in [-0.2, -0.15) is 0 Å². The van der Waals surface area contributed by atoms with E-state index in [2.05, 4.69) is 20.1 Å². The summed E-state index contributed by atoms with van der Waals surface area (Å²) in [5.41, 5.74) is 0.779. The van der Waals surface area contributed by atoms with Gasteiger partial charge in [-0.1, -0.05) is 0 Å². The van der Waals surface area contributed by atoms with Gasteiger partial charge < -0.3 is 9.64 Å². The molecule has 0 atom stereocenters. The maximum atomic E-state index is 11.6. The lowest BCUT2D eigenvalue weighted by Crippen LogP contribution is -2.31. The Hall–Kier alpha value is -1.72. The van der Waals surface area contributed by atoms with Crippen molar-refractivity contribution < 1.29 is 9.53 Å². The summed E-state index contributed by atoms with van der Waals surface area (Å²) in [6.07, 6.45) is 3.56. The minimum atomic E-state index is -0.458. The number of rotatable bonds is 3. The molecule has 98 valence electrons. The fourth-order valence-corrected chi connectivity index (χ4v) is 2.01. The lowest BCUT2D eigenvalue weighted by atomic mass is 10.1. The molecule has 0 bridgehead atoms. The van der Waals surface area contributed by atoms with Crippen molar-refractivity contribution in [3.63, 3.8) is 0 Å². The number of carbonyl (C=O) groups excluding carboxylic acids is 1.